The normalized spacial score (nSPS) is 11.0. The molecule has 23 heavy (non-hydrogen) atoms. The Morgan fingerprint density at radius 1 is 1.00 bits per heavy atom. The zero-order chi connectivity index (χ0) is 16.4. The van der Waals surface area contributed by atoms with E-state index in [0.717, 1.165) is 28.4 Å². The Balaban J connectivity index is 2.12. The maximum absolute atomic E-state index is 9.50. The smallest absolute Gasteiger partial charge is 0.119 e. The van der Waals surface area contributed by atoms with Crippen molar-refractivity contribution < 1.29 is 9.84 Å². The number of benzene rings is 2. The number of aromatic hydroxyl groups is 1. The number of rotatable bonds is 4. The molecule has 4 nitrogen and oxygen atoms in total. The Bertz CT molecular complexity index is 787. The maximum Gasteiger partial charge on any atom is 0.119 e. The van der Waals surface area contributed by atoms with Gasteiger partial charge in [0.05, 0.1) is 24.2 Å². The molecule has 0 unspecified atom stereocenters. The average molecular weight is 308 g/mol. The van der Waals surface area contributed by atoms with Gasteiger partial charge in [-0.15, -0.1) is 0 Å². The van der Waals surface area contributed by atoms with Crippen molar-refractivity contribution in [3.8, 4) is 28.4 Å². The standard InChI is InChI=1S/C19H20N2O2/c1-13(2)18-12-19(14-4-8-16(22)9-5-14)21(20-18)15-6-10-17(23-3)11-7-15/h4-13,22H,1-3H3. The average Bonchev–Trinajstić information content (AvgIpc) is 3.01. The van der Waals surface area contributed by atoms with Gasteiger partial charge in [0.2, 0.25) is 0 Å². The molecule has 0 aliphatic rings. The van der Waals surface area contributed by atoms with E-state index in [1.54, 1.807) is 19.2 Å². The minimum atomic E-state index is 0.258. The van der Waals surface area contributed by atoms with E-state index in [2.05, 4.69) is 19.9 Å². The SMILES string of the molecule is COc1ccc(-n2nc(C(C)C)cc2-c2ccc(O)cc2)cc1. The molecule has 3 rings (SSSR count). The number of hydrogen-bond donors (Lipinski definition) is 1. The first-order valence-corrected chi connectivity index (χ1v) is 7.62. The molecule has 3 aromatic rings. The van der Waals surface area contributed by atoms with Crippen LogP contribution < -0.4 is 4.74 Å². The van der Waals surface area contributed by atoms with Gasteiger partial charge < -0.3 is 9.84 Å². The Morgan fingerprint density at radius 3 is 2.22 bits per heavy atom. The minimum Gasteiger partial charge on any atom is -0.508 e. The molecule has 0 amide bonds. The molecular formula is C19H20N2O2. The van der Waals surface area contributed by atoms with Crippen molar-refractivity contribution >= 4 is 0 Å². The zero-order valence-corrected chi connectivity index (χ0v) is 13.5. The summed E-state index contributed by atoms with van der Waals surface area (Å²) in [6.45, 7) is 4.25. The van der Waals surface area contributed by atoms with Crippen LogP contribution in [0.5, 0.6) is 11.5 Å². The van der Waals surface area contributed by atoms with Crippen LogP contribution in [0.3, 0.4) is 0 Å². The third kappa shape index (κ3) is 3.06. The summed E-state index contributed by atoms with van der Waals surface area (Å²) in [5.41, 5.74) is 4.02. The molecule has 0 aliphatic heterocycles. The van der Waals surface area contributed by atoms with Crippen LogP contribution in [0.25, 0.3) is 16.9 Å². The van der Waals surface area contributed by atoms with Crippen molar-refractivity contribution in [1.82, 2.24) is 9.78 Å². The first-order chi connectivity index (χ1) is 11.1. The van der Waals surface area contributed by atoms with E-state index in [-0.39, 0.29) is 5.75 Å². The highest BCUT2D eigenvalue weighted by Gasteiger charge is 2.14. The number of aromatic nitrogens is 2. The monoisotopic (exact) mass is 308 g/mol. The highest BCUT2D eigenvalue weighted by molar-refractivity contribution is 5.63. The van der Waals surface area contributed by atoms with Crippen LogP contribution in [0.2, 0.25) is 0 Å². The number of nitrogens with zero attached hydrogens (tertiary/aromatic N) is 2. The molecule has 0 saturated carbocycles. The molecule has 4 heteroatoms. The van der Waals surface area contributed by atoms with Gasteiger partial charge in [0.25, 0.3) is 0 Å². The van der Waals surface area contributed by atoms with Gasteiger partial charge in [0.15, 0.2) is 0 Å². The van der Waals surface area contributed by atoms with Gasteiger partial charge in [-0.25, -0.2) is 4.68 Å². The van der Waals surface area contributed by atoms with Crippen LogP contribution in [0, 0.1) is 0 Å². The van der Waals surface area contributed by atoms with E-state index in [1.165, 1.54) is 0 Å². The van der Waals surface area contributed by atoms with Crippen molar-refractivity contribution in [2.75, 3.05) is 7.11 Å². The van der Waals surface area contributed by atoms with E-state index in [9.17, 15) is 5.11 Å². The molecule has 0 fully saturated rings. The molecule has 0 radical (unpaired) electrons. The van der Waals surface area contributed by atoms with Crippen LogP contribution in [0.15, 0.2) is 54.6 Å². The lowest BCUT2D eigenvalue weighted by molar-refractivity contribution is 0.414. The van der Waals surface area contributed by atoms with Crippen molar-refractivity contribution in [1.29, 1.82) is 0 Å². The molecular weight excluding hydrogens is 288 g/mol. The van der Waals surface area contributed by atoms with Gasteiger partial charge in [0, 0.05) is 5.56 Å². The zero-order valence-electron chi connectivity index (χ0n) is 13.5. The molecule has 0 saturated heterocycles. The van der Waals surface area contributed by atoms with Gasteiger partial charge in [-0.3, -0.25) is 0 Å². The van der Waals surface area contributed by atoms with Gasteiger partial charge in [0.1, 0.15) is 11.5 Å². The third-order valence-corrected chi connectivity index (χ3v) is 3.80. The van der Waals surface area contributed by atoms with E-state index in [0.29, 0.717) is 5.92 Å². The topological polar surface area (TPSA) is 47.3 Å². The quantitative estimate of drug-likeness (QED) is 0.778. The highest BCUT2D eigenvalue weighted by Crippen LogP contribution is 2.28. The molecule has 0 bridgehead atoms. The second-order valence-electron chi connectivity index (χ2n) is 5.77. The summed E-state index contributed by atoms with van der Waals surface area (Å²) in [6.07, 6.45) is 0. The van der Waals surface area contributed by atoms with Crippen molar-refractivity contribution in [2.24, 2.45) is 0 Å². The second-order valence-corrected chi connectivity index (χ2v) is 5.77. The number of phenolic OH excluding ortho intramolecular Hbond substituents is 1. The van der Waals surface area contributed by atoms with Crippen molar-refractivity contribution in [2.45, 2.75) is 19.8 Å². The summed E-state index contributed by atoms with van der Waals surface area (Å²) in [5, 5.41) is 14.3. The minimum absolute atomic E-state index is 0.258. The molecule has 1 N–H and O–H groups in total. The fraction of sp³-hybridized carbons (Fsp3) is 0.211. The summed E-state index contributed by atoms with van der Waals surface area (Å²) in [4.78, 5) is 0. The Morgan fingerprint density at radius 2 is 1.65 bits per heavy atom. The number of ether oxygens (including phenoxy) is 1. The molecule has 0 spiro atoms. The lowest BCUT2D eigenvalue weighted by Crippen LogP contribution is -2.00. The van der Waals surface area contributed by atoms with Gasteiger partial charge >= 0.3 is 0 Å². The largest absolute Gasteiger partial charge is 0.508 e. The number of hydrogen-bond acceptors (Lipinski definition) is 3. The van der Waals surface area contributed by atoms with Crippen LogP contribution in [0.4, 0.5) is 0 Å². The Labute approximate surface area is 136 Å². The fourth-order valence-corrected chi connectivity index (χ4v) is 2.44. The predicted octanol–water partition coefficient (Wildman–Crippen LogP) is 4.38. The van der Waals surface area contributed by atoms with Crippen molar-refractivity contribution in [3.05, 3.63) is 60.3 Å². The Kier molecular flexibility index (Phi) is 4.06. The second kappa shape index (κ2) is 6.16. The lowest BCUT2D eigenvalue weighted by atomic mass is 10.1. The van der Waals surface area contributed by atoms with Crippen LogP contribution >= 0.6 is 0 Å². The summed E-state index contributed by atoms with van der Waals surface area (Å²) in [7, 11) is 1.65. The van der Waals surface area contributed by atoms with Crippen LogP contribution in [-0.2, 0) is 0 Å². The summed E-state index contributed by atoms with van der Waals surface area (Å²) in [5.74, 6) is 1.41. The van der Waals surface area contributed by atoms with Crippen LogP contribution in [-0.4, -0.2) is 22.0 Å². The van der Waals surface area contributed by atoms with E-state index in [1.807, 2.05) is 41.1 Å². The molecule has 2 aromatic carbocycles. The first-order valence-electron chi connectivity index (χ1n) is 7.62. The fourth-order valence-electron chi connectivity index (χ4n) is 2.44. The summed E-state index contributed by atoms with van der Waals surface area (Å²) < 4.78 is 7.15. The Hall–Kier alpha value is -2.75. The summed E-state index contributed by atoms with van der Waals surface area (Å²) >= 11 is 0. The van der Waals surface area contributed by atoms with Crippen LogP contribution in [0.1, 0.15) is 25.5 Å². The van der Waals surface area contributed by atoms with E-state index >= 15 is 0 Å². The number of phenols is 1. The molecule has 1 aromatic heterocycles. The van der Waals surface area contributed by atoms with Gasteiger partial charge in [-0.1, -0.05) is 13.8 Å². The molecule has 1 heterocycles. The van der Waals surface area contributed by atoms with Crippen molar-refractivity contribution in [3.63, 3.8) is 0 Å². The molecule has 0 atom stereocenters. The number of methoxy groups -OCH3 is 1. The first kappa shape index (κ1) is 15.2. The summed E-state index contributed by atoms with van der Waals surface area (Å²) in [6, 6.07) is 17.1. The molecule has 0 aliphatic carbocycles. The maximum atomic E-state index is 9.50. The van der Waals surface area contributed by atoms with E-state index in [4.69, 9.17) is 9.84 Å². The van der Waals surface area contributed by atoms with E-state index < -0.39 is 0 Å². The van der Waals surface area contributed by atoms with Gasteiger partial charge in [-0.2, -0.15) is 5.10 Å². The highest BCUT2D eigenvalue weighted by atomic mass is 16.5. The van der Waals surface area contributed by atoms with Gasteiger partial charge in [-0.05, 0) is 60.5 Å². The third-order valence-electron chi connectivity index (χ3n) is 3.80. The lowest BCUT2D eigenvalue weighted by Gasteiger charge is -2.09. The predicted molar refractivity (Wildman–Crippen MR) is 91.3 cm³/mol. The molecule has 118 valence electrons.